The zero-order valence-corrected chi connectivity index (χ0v) is 11.0. The van der Waals surface area contributed by atoms with Crippen molar-refractivity contribution in [2.24, 2.45) is 13.0 Å². The lowest BCUT2D eigenvalue weighted by Crippen LogP contribution is -2.26. The lowest BCUT2D eigenvalue weighted by molar-refractivity contribution is -0.384. The second-order valence-electron chi connectivity index (χ2n) is 4.26. The Balaban J connectivity index is 3.19. The van der Waals surface area contributed by atoms with Crippen molar-refractivity contribution in [1.82, 2.24) is 9.78 Å². The zero-order valence-electron chi connectivity index (χ0n) is 11.0. The van der Waals surface area contributed by atoms with E-state index >= 15 is 0 Å². The van der Waals surface area contributed by atoms with Gasteiger partial charge in [0, 0.05) is 20.6 Å². The first-order chi connectivity index (χ1) is 8.42. The molecule has 0 saturated carbocycles. The number of nitro groups is 1. The van der Waals surface area contributed by atoms with E-state index in [9.17, 15) is 10.1 Å². The Labute approximate surface area is 106 Å². The summed E-state index contributed by atoms with van der Waals surface area (Å²) in [4.78, 5) is 12.4. The molecule has 0 aliphatic carbocycles. The molecule has 0 fully saturated rings. The molecule has 1 unspecified atom stereocenters. The Morgan fingerprint density at radius 1 is 1.67 bits per heavy atom. The van der Waals surface area contributed by atoms with Crippen molar-refractivity contribution >= 4 is 11.5 Å². The summed E-state index contributed by atoms with van der Waals surface area (Å²) in [5.74, 6) is 0.244. The van der Waals surface area contributed by atoms with Crippen molar-refractivity contribution in [2.75, 3.05) is 18.5 Å². The van der Waals surface area contributed by atoms with E-state index in [1.54, 1.807) is 25.9 Å². The van der Waals surface area contributed by atoms with Crippen molar-refractivity contribution < 1.29 is 4.92 Å². The van der Waals surface area contributed by atoms with Crippen LogP contribution >= 0.6 is 0 Å². The summed E-state index contributed by atoms with van der Waals surface area (Å²) in [5, 5.41) is 24.1. The first kappa shape index (κ1) is 14.0. The van der Waals surface area contributed by atoms with Crippen LogP contribution in [0.15, 0.2) is 0 Å². The van der Waals surface area contributed by atoms with Gasteiger partial charge in [-0.1, -0.05) is 6.92 Å². The summed E-state index contributed by atoms with van der Waals surface area (Å²) in [6.07, 6.45) is 0.506. The molecule has 0 N–H and O–H groups in total. The third-order valence-corrected chi connectivity index (χ3v) is 2.71. The van der Waals surface area contributed by atoms with Gasteiger partial charge in [0.2, 0.25) is 5.82 Å². The Morgan fingerprint density at radius 3 is 2.72 bits per heavy atom. The molecule has 1 rings (SSSR count). The fraction of sp³-hybridized carbons (Fsp3) is 0.636. The van der Waals surface area contributed by atoms with Crippen molar-refractivity contribution in [3.63, 3.8) is 0 Å². The van der Waals surface area contributed by atoms with Gasteiger partial charge >= 0.3 is 5.69 Å². The van der Waals surface area contributed by atoms with Crippen LogP contribution in [-0.2, 0) is 13.5 Å². The predicted octanol–water partition coefficient (Wildman–Crippen LogP) is 1.49. The van der Waals surface area contributed by atoms with E-state index in [-0.39, 0.29) is 11.6 Å². The van der Waals surface area contributed by atoms with Crippen LogP contribution in [0.5, 0.6) is 0 Å². The van der Waals surface area contributed by atoms with E-state index in [0.29, 0.717) is 24.5 Å². The van der Waals surface area contributed by atoms with Gasteiger partial charge in [0.1, 0.15) is 5.69 Å². The van der Waals surface area contributed by atoms with Crippen LogP contribution < -0.4 is 4.90 Å². The van der Waals surface area contributed by atoms with Gasteiger partial charge in [0.25, 0.3) is 0 Å². The van der Waals surface area contributed by atoms with Crippen molar-refractivity contribution in [3.8, 4) is 6.07 Å². The van der Waals surface area contributed by atoms with E-state index in [4.69, 9.17) is 5.26 Å². The van der Waals surface area contributed by atoms with Crippen LogP contribution in [0.2, 0.25) is 0 Å². The maximum atomic E-state index is 11.1. The van der Waals surface area contributed by atoms with Gasteiger partial charge in [-0.05, 0) is 13.3 Å². The number of aromatic nitrogens is 2. The smallest absolute Gasteiger partial charge is 0.334 e. The summed E-state index contributed by atoms with van der Waals surface area (Å²) in [7, 11) is 3.41. The topological polar surface area (TPSA) is 88.0 Å². The second-order valence-corrected chi connectivity index (χ2v) is 4.26. The average Bonchev–Trinajstić information content (AvgIpc) is 2.65. The summed E-state index contributed by atoms with van der Waals surface area (Å²) >= 11 is 0. The van der Waals surface area contributed by atoms with Crippen LogP contribution in [0.25, 0.3) is 0 Å². The zero-order chi connectivity index (χ0) is 13.9. The molecule has 0 spiro atoms. The Kier molecular flexibility index (Phi) is 4.26. The summed E-state index contributed by atoms with van der Waals surface area (Å²) in [5.41, 5.74) is 0.501. The van der Waals surface area contributed by atoms with E-state index in [0.717, 1.165) is 0 Å². The molecule has 0 saturated heterocycles. The summed E-state index contributed by atoms with van der Waals surface area (Å²) < 4.78 is 1.50. The Morgan fingerprint density at radius 2 is 2.28 bits per heavy atom. The predicted molar refractivity (Wildman–Crippen MR) is 67.3 cm³/mol. The number of aryl methyl sites for hydroxylation is 2. The maximum absolute atomic E-state index is 11.1. The van der Waals surface area contributed by atoms with Gasteiger partial charge in [0.05, 0.1) is 16.9 Å². The molecule has 0 bridgehead atoms. The normalized spacial score (nSPS) is 11.9. The summed E-state index contributed by atoms with van der Waals surface area (Å²) in [6.45, 7) is 4.04. The fourth-order valence-corrected chi connectivity index (χ4v) is 1.95. The highest BCUT2D eigenvalue weighted by Gasteiger charge is 2.28. The quantitative estimate of drug-likeness (QED) is 0.584. The fourth-order valence-electron chi connectivity index (χ4n) is 1.95. The molecule has 0 amide bonds. The SMILES string of the molecule is CCc1nn(C)c(N(C)CC(C)C#N)c1[N+](=O)[O-]. The molecule has 0 aliphatic heterocycles. The molecule has 1 aromatic rings. The molecule has 1 aromatic heterocycles. The minimum atomic E-state index is -0.408. The van der Waals surface area contributed by atoms with E-state index in [2.05, 4.69) is 11.2 Å². The number of hydrogen-bond acceptors (Lipinski definition) is 5. The standard InChI is InChI=1S/C11H17N5O2/c1-5-9-10(16(17)18)11(15(4)13-9)14(3)7-8(2)6-12/h8H,5,7H2,1-4H3. The van der Waals surface area contributed by atoms with Gasteiger partial charge in [-0.3, -0.25) is 10.1 Å². The van der Waals surface area contributed by atoms with Gasteiger partial charge in [0.15, 0.2) is 0 Å². The number of rotatable bonds is 5. The molecule has 1 atom stereocenters. The number of nitrogens with zero attached hydrogens (tertiary/aromatic N) is 5. The third kappa shape index (κ3) is 2.59. The molecule has 0 aliphatic rings. The number of anilines is 1. The van der Waals surface area contributed by atoms with Crippen LogP contribution in [0.3, 0.4) is 0 Å². The molecule has 7 nitrogen and oxygen atoms in total. The lowest BCUT2D eigenvalue weighted by Gasteiger charge is -2.19. The molecule has 1 heterocycles. The van der Waals surface area contributed by atoms with Crippen molar-refractivity contribution in [2.45, 2.75) is 20.3 Å². The summed E-state index contributed by atoms with van der Waals surface area (Å²) in [6, 6.07) is 2.11. The number of nitriles is 1. The van der Waals surface area contributed by atoms with Gasteiger partial charge in [-0.15, -0.1) is 0 Å². The molecule has 98 valence electrons. The average molecular weight is 251 g/mol. The highest BCUT2D eigenvalue weighted by atomic mass is 16.6. The molecular formula is C11H17N5O2. The molecule has 7 heteroatoms. The van der Waals surface area contributed by atoms with E-state index < -0.39 is 4.92 Å². The first-order valence-electron chi connectivity index (χ1n) is 5.73. The third-order valence-electron chi connectivity index (χ3n) is 2.71. The van der Waals surface area contributed by atoms with Gasteiger partial charge in [-0.2, -0.15) is 10.4 Å². The van der Waals surface area contributed by atoms with Gasteiger partial charge in [-0.25, -0.2) is 4.68 Å². The maximum Gasteiger partial charge on any atom is 0.334 e. The number of hydrogen-bond donors (Lipinski definition) is 0. The van der Waals surface area contributed by atoms with Crippen LogP contribution in [0.1, 0.15) is 19.5 Å². The molecular weight excluding hydrogens is 234 g/mol. The molecule has 0 radical (unpaired) electrons. The van der Waals surface area contributed by atoms with Crippen LogP contribution in [0.4, 0.5) is 11.5 Å². The highest BCUT2D eigenvalue weighted by molar-refractivity contribution is 5.61. The monoisotopic (exact) mass is 251 g/mol. The minimum Gasteiger partial charge on any atom is -0.353 e. The Bertz CT molecular complexity index is 488. The van der Waals surface area contributed by atoms with E-state index in [1.807, 2.05) is 6.92 Å². The largest absolute Gasteiger partial charge is 0.353 e. The van der Waals surface area contributed by atoms with Crippen molar-refractivity contribution in [3.05, 3.63) is 15.8 Å². The minimum absolute atomic E-state index is 0.0349. The van der Waals surface area contributed by atoms with Gasteiger partial charge < -0.3 is 4.90 Å². The first-order valence-corrected chi connectivity index (χ1v) is 5.73. The second kappa shape index (κ2) is 5.49. The van der Waals surface area contributed by atoms with Crippen molar-refractivity contribution in [1.29, 1.82) is 5.26 Å². The van der Waals surface area contributed by atoms with Crippen LogP contribution in [-0.4, -0.2) is 28.3 Å². The lowest BCUT2D eigenvalue weighted by atomic mass is 10.2. The highest BCUT2D eigenvalue weighted by Crippen LogP contribution is 2.31. The molecule has 18 heavy (non-hydrogen) atoms. The van der Waals surface area contributed by atoms with Crippen LogP contribution in [0, 0.1) is 27.4 Å². The Hall–Kier alpha value is -2.10. The molecule has 0 aromatic carbocycles. The van der Waals surface area contributed by atoms with E-state index in [1.165, 1.54) is 4.68 Å².